The number of thiol groups is 1. The number of hydrogen-bond donors (Lipinski definition) is 1. The van der Waals surface area contributed by atoms with Crippen LogP contribution in [0.15, 0.2) is 11.1 Å². The monoisotopic (exact) mass is 133 g/mol. The van der Waals surface area contributed by atoms with Crippen molar-refractivity contribution in [2.24, 2.45) is 0 Å². The molecule has 0 aliphatic heterocycles. The molecule has 48 valence electrons. The van der Waals surface area contributed by atoms with Crippen LogP contribution in [0.2, 0.25) is 0 Å². The van der Waals surface area contributed by atoms with Gasteiger partial charge in [0, 0.05) is 12.7 Å². The predicted molar refractivity (Wildman–Crippen MR) is 37.5 cm³/mol. The molecule has 0 aromatic rings. The molecule has 0 aromatic heterocycles. The molecule has 0 radical (unpaired) electrons. The Balaban J connectivity index is 3.63. The van der Waals surface area contributed by atoms with Crippen LogP contribution < -0.4 is 0 Å². The maximum absolute atomic E-state index is 4.82. The van der Waals surface area contributed by atoms with Crippen molar-refractivity contribution in [1.29, 1.82) is 0 Å². The summed E-state index contributed by atoms with van der Waals surface area (Å²) in [5, 5.41) is 3.32. The molecule has 0 amide bonds. The average molecular weight is 133 g/mol. The molecule has 0 unspecified atom stereocenters. The van der Waals surface area contributed by atoms with Crippen molar-refractivity contribution in [3.63, 3.8) is 0 Å². The fourth-order valence-corrected chi connectivity index (χ4v) is 0.388. The largest absolute Gasteiger partial charge is 0.277 e. The maximum Gasteiger partial charge on any atom is 0.0638 e. The third-order valence-corrected chi connectivity index (χ3v) is 1.33. The first-order valence-corrected chi connectivity index (χ1v) is 2.82. The first-order chi connectivity index (χ1) is 3.72. The fraction of sp³-hybridized carbons (Fsp3) is 0.600. The summed E-state index contributed by atoms with van der Waals surface area (Å²) in [5.74, 6) is 0. The van der Waals surface area contributed by atoms with Gasteiger partial charge < -0.3 is 0 Å². The Hall–Kier alpha value is -0.150. The maximum atomic E-state index is 4.82. The first kappa shape index (κ1) is 7.85. The molecule has 0 aliphatic rings. The van der Waals surface area contributed by atoms with E-state index in [-0.39, 0.29) is 0 Å². The summed E-state index contributed by atoms with van der Waals surface area (Å²) in [6.07, 6.45) is 0. The molecule has 3 heteroatoms. The van der Waals surface area contributed by atoms with Crippen LogP contribution in [-0.4, -0.2) is 19.2 Å². The Labute approximate surface area is 55.5 Å². The Morgan fingerprint density at radius 2 is 2.25 bits per heavy atom. The number of hydroxylamine groups is 2. The summed E-state index contributed by atoms with van der Waals surface area (Å²) >= 11 is 3.93. The highest BCUT2D eigenvalue weighted by molar-refractivity contribution is 7.83. The summed E-state index contributed by atoms with van der Waals surface area (Å²) in [6.45, 7) is 1.91. The van der Waals surface area contributed by atoms with Crippen LogP contribution in [0, 0.1) is 0 Å². The van der Waals surface area contributed by atoms with Gasteiger partial charge in [-0.15, -0.1) is 12.6 Å². The molecule has 0 heterocycles. The fourth-order valence-electron chi connectivity index (χ4n) is 0.225. The van der Waals surface area contributed by atoms with Crippen molar-refractivity contribution in [3.8, 4) is 0 Å². The van der Waals surface area contributed by atoms with Gasteiger partial charge in [-0.3, -0.25) is 9.90 Å². The van der Waals surface area contributed by atoms with E-state index in [9.17, 15) is 0 Å². The predicted octanol–water partition coefficient (Wildman–Crippen LogP) is 1.27. The highest BCUT2D eigenvalue weighted by Gasteiger charge is 1.90. The minimum atomic E-state index is 0.982. The second kappa shape index (κ2) is 3.80. The molecule has 0 bridgehead atoms. The lowest BCUT2D eigenvalue weighted by Crippen LogP contribution is -2.12. The molecule has 0 N–H and O–H groups in total. The first-order valence-electron chi connectivity index (χ1n) is 2.31. The molecule has 0 aromatic carbocycles. The summed E-state index contributed by atoms with van der Waals surface area (Å²) < 4.78 is 0. The number of rotatable bonds is 2. The van der Waals surface area contributed by atoms with E-state index in [1.165, 1.54) is 0 Å². The van der Waals surface area contributed by atoms with E-state index >= 15 is 0 Å². The van der Waals surface area contributed by atoms with Crippen LogP contribution in [0.5, 0.6) is 0 Å². The Bertz CT molecular complexity index is 92.4. The molecule has 0 fully saturated rings. The molecule has 0 saturated carbocycles. The Morgan fingerprint density at radius 1 is 1.75 bits per heavy atom. The van der Waals surface area contributed by atoms with Crippen LogP contribution in [0.4, 0.5) is 0 Å². The van der Waals surface area contributed by atoms with Gasteiger partial charge in [0.25, 0.3) is 0 Å². The Morgan fingerprint density at radius 3 is 2.38 bits per heavy atom. The van der Waals surface area contributed by atoms with Crippen molar-refractivity contribution in [3.05, 3.63) is 11.1 Å². The minimum Gasteiger partial charge on any atom is -0.277 e. The van der Waals surface area contributed by atoms with E-state index < -0.39 is 0 Å². The van der Waals surface area contributed by atoms with Crippen molar-refractivity contribution >= 4 is 12.6 Å². The molecule has 0 atom stereocenters. The molecule has 0 saturated heterocycles. The summed E-state index contributed by atoms with van der Waals surface area (Å²) in [5.41, 5.74) is 0.982. The van der Waals surface area contributed by atoms with Crippen molar-refractivity contribution in [2.75, 3.05) is 14.2 Å². The van der Waals surface area contributed by atoms with E-state index in [1.807, 2.05) is 14.0 Å². The van der Waals surface area contributed by atoms with Gasteiger partial charge in [0.2, 0.25) is 0 Å². The average Bonchev–Trinajstić information content (AvgIpc) is 1.84. The Kier molecular flexibility index (Phi) is 3.73. The highest BCUT2D eigenvalue weighted by Crippen LogP contribution is 1.99. The van der Waals surface area contributed by atoms with Gasteiger partial charge in [0.15, 0.2) is 0 Å². The van der Waals surface area contributed by atoms with E-state index in [0.29, 0.717) is 0 Å². The lowest BCUT2D eigenvalue weighted by atomic mass is 10.6. The van der Waals surface area contributed by atoms with Crippen LogP contribution in [0.25, 0.3) is 0 Å². The minimum absolute atomic E-state index is 0.982. The summed E-state index contributed by atoms with van der Waals surface area (Å²) in [4.78, 5) is 4.82. The smallest absolute Gasteiger partial charge is 0.0638 e. The zero-order chi connectivity index (χ0) is 6.57. The lowest BCUT2D eigenvalue weighted by Gasteiger charge is -2.14. The van der Waals surface area contributed by atoms with Gasteiger partial charge in [-0.1, -0.05) is 0 Å². The summed E-state index contributed by atoms with van der Waals surface area (Å²) in [6, 6.07) is 0. The van der Waals surface area contributed by atoms with Gasteiger partial charge >= 0.3 is 0 Å². The van der Waals surface area contributed by atoms with Crippen molar-refractivity contribution in [2.45, 2.75) is 6.92 Å². The summed E-state index contributed by atoms with van der Waals surface area (Å²) in [7, 11) is 3.43. The molecule has 8 heavy (non-hydrogen) atoms. The SMILES string of the molecule is CON(C)/C(C)=C\S. The van der Waals surface area contributed by atoms with Gasteiger partial charge in [0.1, 0.15) is 0 Å². The van der Waals surface area contributed by atoms with Crippen LogP contribution in [0.3, 0.4) is 0 Å². The molecule has 2 nitrogen and oxygen atoms in total. The topological polar surface area (TPSA) is 12.5 Å². The lowest BCUT2D eigenvalue weighted by molar-refractivity contribution is -0.0766. The van der Waals surface area contributed by atoms with E-state index in [2.05, 4.69) is 12.6 Å². The van der Waals surface area contributed by atoms with Gasteiger partial charge in [-0.25, -0.2) is 0 Å². The van der Waals surface area contributed by atoms with Gasteiger partial charge in [-0.2, -0.15) is 0 Å². The highest BCUT2D eigenvalue weighted by atomic mass is 32.1. The molecule has 0 aliphatic carbocycles. The van der Waals surface area contributed by atoms with Gasteiger partial charge in [-0.05, 0) is 12.3 Å². The molecule has 0 spiro atoms. The number of hydrogen-bond acceptors (Lipinski definition) is 3. The molecule has 0 rings (SSSR count). The second-order valence-electron chi connectivity index (χ2n) is 1.45. The second-order valence-corrected chi connectivity index (χ2v) is 1.71. The van der Waals surface area contributed by atoms with E-state index in [0.717, 1.165) is 5.70 Å². The third kappa shape index (κ3) is 2.23. The normalized spacial score (nSPS) is 11.8. The van der Waals surface area contributed by atoms with Crippen molar-refractivity contribution in [1.82, 2.24) is 5.06 Å². The van der Waals surface area contributed by atoms with Crippen molar-refractivity contribution < 1.29 is 4.84 Å². The molecular weight excluding hydrogens is 122 g/mol. The van der Waals surface area contributed by atoms with Crippen LogP contribution in [0.1, 0.15) is 6.92 Å². The standard InChI is InChI=1S/C5H11NOS/c1-5(4-8)6(2)7-3/h4,8H,1-3H3/b5-4-. The van der Waals surface area contributed by atoms with E-state index in [1.54, 1.807) is 17.6 Å². The van der Waals surface area contributed by atoms with Gasteiger partial charge in [0.05, 0.1) is 7.11 Å². The third-order valence-electron chi connectivity index (χ3n) is 0.957. The quantitative estimate of drug-likeness (QED) is 0.450. The van der Waals surface area contributed by atoms with Crippen LogP contribution >= 0.6 is 12.6 Å². The zero-order valence-corrected chi connectivity index (χ0v) is 6.27. The molecular formula is C5H11NOS. The number of allylic oxidation sites excluding steroid dienone is 1. The van der Waals surface area contributed by atoms with Crippen LogP contribution in [-0.2, 0) is 4.84 Å². The van der Waals surface area contributed by atoms with E-state index in [4.69, 9.17) is 4.84 Å². The number of nitrogens with zero attached hydrogens (tertiary/aromatic N) is 1. The zero-order valence-electron chi connectivity index (χ0n) is 5.38.